The van der Waals surface area contributed by atoms with Crippen molar-refractivity contribution in [3.8, 4) is 6.07 Å². The standard InChI is InChI=1S/C15H18N2/c16-11-10-15(14-8-4-3-5-9-14)17-12-6-1-2-7-13-17/h3-5,8-10H,1-2,6-7,12-13H2/b15-10+. The zero-order chi connectivity index (χ0) is 11.9. The van der Waals surface area contributed by atoms with E-state index in [0.29, 0.717) is 0 Å². The lowest BCUT2D eigenvalue weighted by atomic mass is 10.1. The van der Waals surface area contributed by atoms with Gasteiger partial charge in [0.05, 0.1) is 11.8 Å². The highest BCUT2D eigenvalue weighted by Crippen LogP contribution is 2.22. The summed E-state index contributed by atoms with van der Waals surface area (Å²) in [7, 11) is 0. The summed E-state index contributed by atoms with van der Waals surface area (Å²) in [6, 6.07) is 12.4. The van der Waals surface area contributed by atoms with Crippen LogP contribution in [0.15, 0.2) is 36.4 Å². The molecule has 1 aliphatic heterocycles. The van der Waals surface area contributed by atoms with E-state index in [0.717, 1.165) is 24.4 Å². The Morgan fingerprint density at radius 3 is 2.29 bits per heavy atom. The molecule has 17 heavy (non-hydrogen) atoms. The molecule has 1 heterocycles. The Morgan fingerprint density at radius 1 is 1.06 bits per heavy atom. The average molecular weight is 226 g/mol. The number of allylic oxidation sites excluding steroid dienone is 1. The third-order valence-corrected chi connectivity index (χ3v) is 3.22. The van der Waals surface area contributed by atoms with Crippen LogP contribution >= 0.6 is 0 Å². The van der Waals surface area contributed by atoms with Gasteiger partial charge in [0.15, 0.2) is 0 Å². The van der Waals surface area contributed by atoms with Crippen molar-refractivity contribution in [1.82, 2.24) is 4.90 Å². The van der Waals surface area contributed by atoms with Crippen molar-refractivity contribution in [2.75, 3.05) is 13.1 Å². The lowest BCUT2D eigenvalue weighted by Crippen LogP contribution is -2.23. The van der Waals surface area contributed by atoms with E-state index in [-0.39, 0.29) is 0 Å². The molecule has 0 unspecified atom stereocenters. The number of hydrogen-bond acceptors (Lipinski definition) is 2. The third kappa shape index (κ3) is 3.10. The molecule has 1 fully saturated rings. The minimum Gasteiger partial charge on any atom is -0.370 e. The summed E-state index contributed by atoms with van der Waals surface area (Å²) in [4.78, 5) is 2.35. The van der Waals surface area contributed by atoms with E-state index >= 15 is 0 Å². The van der Waals surface area contributed by atoms with Crippen LogP contribution in [0.5, 0.6) is 0 Å². The number of likely N-dealkylation sites (tertiary alicyclic amines) is 1. The van der Waals surface area contributed by atoms with Gasteiger partial charge in [0.25, 0.3) is 0 Å². The van der Waals surface area contributed by atoms with Gasteiger partial charge in [-0.2, -0.15) is 5.26 Å². The van der Waals surface area contributed by atoms with Gasteiger partial charge in [0.2, 0.25) is 0 Å². The summed E-state index contributed by atoms with van der Waals surface area (Å²) in [6.45, 7) is 2.14. The van der Waals surface area contributed by atoms with E-state index in [4.69, 9.17) is 5.26 Å². The first kappa shape index (κ1) is 11.7. The minimum atomic E-state index is 1.07. The highest BCUT2D eigenvalue weighted by molar-refractivity contribution is 5.66. The molecule has 0 amide bonds. The van der Waals surface area contributed by atoms with Gasteiger partial charge in [-0.15, -0.1) is 0 Å². The maximum Gasteiger partial charge on any atom is 0.0934 e. The van der Waals surface area contributed by atoms with Gasteiger partial charge in [0.1, 0.15) is 0 Å². The topological polar surface area (TPSA) is 27.0 Å². The lowest BCUT2D eigenvalue weighted by Gasteiger charge is -2.25. The third-order valence-electron chi connectivity index (χ3n) is 3.22. The average Bonchev–Trinajstić information content (AvgIpc) is 2.66. The van der Waals surface area contributed by atoms with Gasteiger partial charge in [0, 0.05) is 19.2 Å². The molecule has 1 aliphatic rings. The largest absolute Gasteiger partial charge is 0.370 e. The summed E-state index contributed by atoms with van der Waals surface area (Å²) in [5.74, 6) is 0. The Kier molecular flexibility index (Phi) is 4.21. The first-order chi connectivity index (χ1) is 8.42. The van der Waals surface area contributed by atoms with Crippen LogP contribution in [0, 0.1) is 11.3 Å². The maximum absolute atomic E-state index is 8.95. The molecule has 1 aromatic rings. The predicted molar refractivity (Wildman–Crippen MR) is 70.1 cm³/mol. The van der Waals surface area contributed by atoms with Gasteiger partial charge in [-0.1, -0.05) is 43.2 Å². The van der Waals surface area contributed by atoms with Crippen LogP contribution in [-0.2, 0) is 0 Å². The van der Waals surface area contributed by atoms with Crippen LogP contribution in [0.25, 0.3) is 5.70 Å². The molecule has 0 atom stereocenters. The van der Waals surface area contributed by atoms with Crippen LogP contribution in [0.2, 0.25) is 0 Å². The molecule has 0 radical (unpaired) electrons. The van der Waals surface area contributed by atoms with Crippen LogP contribution in [0.4, 0.5) is 0 Å². The summed E-state index contributed by atoms with van der Waals surface area (Å²) in [5.41, 5.74) is 2.23. The van der Waals surface area contributed by atoms with Crippen LogP contribution in [0.1, 0.15) is 31.2 Å². The Balaban J connectivity index is 2.23. The minimum absolute atomic E-state index is 1.07. The summed E-state index contributed by atoms with van der Waals surface area (Å²) < 4.78 is 0. The fraction of sp³-hybridized carbons (Fsp3) is 0.400. The zero-order valence-corrected chi connectivity index (χ0v) is 10.1. The molecule has 0 N–H and O–H groups in total. The molecule has 1 saturated heterocycles. The predicted octanol–water partition coefficient (Wildman–Crippen LogP) is 3.43. The van der Waals surface area contributed by atoms with Gasteiger partial charge in [-0.05, 0) is 18.4 Å². The van der Waals surface area contributed by atoms with Gasteiger partial charge in [-0.25, -0.2) is 0 Å². The molecule has 0 bridgehead atoms. The fourth-order valence-corrected chi connectivity index (χ4v) is 2.34. The van der Waals surface area contributed by atoms with E-state index in [2.05, 4.69) is 23.1 Å². The maximum atomic E-state index is 8.95. The molecule has 0 saturated carbocycles. The van der Waals surface area contributed by atoms with Crippen molar-refractivity contribution < 1.29 is 0 Å². The molecule has 2 rings (SSSR count). The van der Waals surface area contributed by atoms with Crippen molar-refractivity contribution in [1.29, 1.82) is 5.26 Å². The second kappa shape index (κ2) is 6.10. The molecule has 0 aromatic heterocycles. The molecular weight excluding hydrogens is 208 g/mol. The summed E-state index contributed by atoms with van der Waals surface area (Å²) in [6.07, 6.45) is 6.77. The van der Waals surface area contributed by atoms with Crippen molar-refractivity contribution in [3.63, 3.8) is 0 Å². The van der Waals surface area contributed by atoms with Crippen molar-refractivity contribution >= 4 is 5.70 Å². The van der Waals surface area contributed by atoms with Crippen LogP contribution in [-0.4, -0.2) is 18.0 Å². The molecular formula is C15H18N2. The van der Waals surface area contributed by atoms with Gasteiger partial charge >= 0.3 is 0 Å². The first-order valence-electron chi connectivity index (χ1n) is 6.32. The van der Waals surface area contributed by atoms with Crippen molar-refractivity contribution in [2.45, 2.75) is 25.7 Å². The first-order valence-corrected chi connectivity index (χ1v) is 6.32. The lowest BCUT2D eigenvalue weighted by molar-refractivity contribution is 0.413. The van der Waals surface area contributed by atoms with Crippen molar-refractivity contribution in [3.05, 3.63) is 42.0 Å². The molecule has 88 valence electrons. The smallest absolute Gasteiger partial charge is 0.0934 e. The van der Waals surface area contributed by atoms with Crippen LogP contribution in [0.3, 0.4) is 0 Å². The fourth-order valence-electron chi connectivity index (χ4n) is 2.34. The van der Waals surface area contributed by atoms with E-state index in [1.165, 1.54) is 25.7 Å². The van der Waals surface area contributed by atoms with Crippen molar-refractivity contribution in [2.24, 2.45) is 0 Å². The summed E-state index contributed by atoms with van der Waals surface area (Å²) >= 11 is 0. The normalized spacial score (nSPS) is 17.4. The number of benzene rings is 1. The highest BCUT2D eigenvalue weighted by Gasteiger charge is 2.13. The molecule has 2 heteroatoms. The number of nitriles is 1. The highest BCUT2D eigenvalue weighted by atomic mass is 15.1. The Morgan fingerprint density at radius 2 is 1.71 bits per heavy atom. The monoisotopic (exact) mass is 226 g/mol. The Bertz CT molecular complexity index is 406. The van der Waals surface area contributed by atoms with E-state index in [9.17, 15) is 0 Å². The van der Waals surface area contributed by atoms with Crippen LogP contribution < -0.4 is 0 Å². The second-order valence-electron chi connectivity index (χ2n) is 4.43. The quantitative estimate of drug-likeness (QED) is 0.722. The van der Waals surface area contributed by atoms with E-state index in [1.54, 1.807) is 6.08 Å². The van der Waals surface area contributed by atoms with E-state index in [1.807, 2.05) is 18.2 Å². The molecule has 2 nitrogen and oxygen atoms in total. The van der Waals surface area contributed by atoms with Gasteiger partial charge in [-0.3, -0.25) is 0 Å². The number of nitrogens with zero attached hydrogens (tertiary/aromatic N) is 2. The number of hydrogen-bond donors (Lipinski definition) is 0. The molecule has 0 aliphatic carbocycles. The Labute approximate surface area is 103 Å². The second-order valence-corrected chi connectivity index (χ2v) is 4.43. The Hall–Kier alpha value is -1.75. The van der Waals surface area contributed by atoms with Gasteiger partial charge < -0.3 is 4.90 Å². The summed E-state index contributed by atoms with van der Waals surface area (Å²) in [5, 5.41) is 8.95. The molecule has 1 aromatic carbocycles. The SMILES string of the molecule is N#C/C=C(\c1ccccc1)N1CCCCCC1. The zero-order valence-electron chi connectivity index (χ0n) is 10.1. The molecule has 0 spiro atoms. The number of rotatable bonds is 2. The van der Waals surface area contributed by atoms with E-state index < -0.39 is 0 Å².